The van der Waals surface area contributed by atoms with Crippen molar-refractivity contribution in [1.29, 1.82) is 0 Å². The smallest absolute Gasteiger partial charge is 0.319 e. The summed E-state index contributed by atoms with van der Waals surface area (Å²) in [7, 11) is 7.29. The number of nitrogens with zero attached hydrogens (tertiary/aromatic N) is 2. The van der Waals surface area contributed by atoms with Crippen molar-refractivity contribution >= 4 is 11.6 Å². The van der Waals surface area contributed by atoms with Gasteiger partial charge in [-0.3, -0.25) is 4.79 Å². The van der Waals surface area contributed by atoms with E-state index in [0.29, 0.717) is 28.5 Å². The van der Waals surface area contributed by atoms with E-state index in [1.807, 2.05) is 0 Å². The maximum absolute atomic E-state index is 12.6. The Morgan fingerprint density at radius 2 is 1.56 bits per heavy atom. The highest BCUT2D eigenvalue weighted by Crippen LogP contribution is 2.38. The predicted octanol–water partition coefficient (Wildman–Crippen LogP) is 1.77. The number of hydrogen-bond donors (Lipinski definition) is 1. The van der Waals surface area contributed by atoms with Crippen molar-refractivity contribution in [2.24, 2.45) is 0 Å². The molecule has 1 heterocycles. The van der Waals surface area contributed by atoms with Crippen LogP contribution in [-0.4, -0.2) is 51.4 Å². The fraction of sp³-hybridized carbons (Fsp3) is 0.312. The number of ether oxygens (including phenoxy) is 5. The molecule has 0 radical (unpaired) electrons. The predicted molar refractivity (Wildman–Crippen MR) is 89.2 cm³/mol. The van der Waals surface area contributed by atoms with Crippen LogP contribution in [0.1, 0.15) is 10.4 Å². The zero-order valence-electron chi connectivity index (χ0n) is 14.6. The molecule has 1 aromatic carbocycles. The highest BCUT2D eigenvalue weighted by atomic mass is 16.5. The van der Waals surface area contributed by atoms with Gasteiger partial charge in [0.1, 0.15) is 5.69 Å². The number of methoxy groups -OCH3 is 5. The summed E-state index contributed by atoms with van der Waals surface area (Å²) < 4.78 is 25.8. The van der Waals surface area contributed by atoms with Crippen LogP contribution in [0.3, 0.4) is 0 Å². The van der Waals surface area contributed by atoms with Gasteiger partial charge in [0.15, 0.2) is 11.5 Å². The number of hydrogen-bond acceptors (Lipinski definition) is 8. The summed E-state index contributed by atoms with van der Waals surface area (Å²) in [4.78, 5) is 20.5. The zero-order valence-corrected chi connectivity index (χ0v) is 14.6. The molecule has 0 fully saturated rings. The van der Waals surface area contributed by atoms with E-state index in [-0.39, 0.29) is 11.9 Å². The van der Waals surface area contributed by atoms with Gasteiger partial charge in [-0.15, -0.1) is 0 Å². The molecule has 9 nitrogen and oxygen atoms in total. The van der Waals surface area contributed by atoms with Crippen LogP contribution in [0.5, 0.6) is 29.1 Å². The first kappa shape index (κ1) is 18.1. The SMILES string of the molecule is COc1ncc(NC(=O)c2cc(OC)c(OC)c(OC)c2)c(OC)n1. The maximum atomic E-state index is 12.6. The fourth-order valence-electron chi connectivity index (χ4n) is 2.10. The van der Waals surface area contributed by atoms with Crippen LogP contribution in [0.4, 0.5) is 5.69 Å². The Hall–Kier alpha value is -3.23. The van der Waals surface area contributed by atoms with Crippen molar-refractivity contribution < 1.29 is 28.5 Å². The summed E-state index contributed by atoms with van der Waals surface area (Å²) in [6, 6.07) is 3.20. The van der Waals surface area contributed by atoms with Crippen LogP contribution < -0.4 is 29.0 Å². The molecule has 134 valence electrons. The molecule has 1 aromatic heterocycles. The van der Waals surface area contributed by atoms with Crippen molar-refractivity contribution in [3.63, 3.8) is 0 Å². The summed E-state index contributed by atoms with van der Waals surface area (Å²) in [5.41, 5.74) is 0.592. The molecule has 0 aliphatic heterocycles. The van der Waals surface area contributed by atoms with Crippen molar-refractivity contribution in [3.8, 4) is 29.1 Å². The first-order chi connectivity index (χ1) is 12.1. The Labute approximate surface area is 144 Å². The number of anilines is 1. The summed E-state index contributed by atoms with van der Waals surface area (Å²) in [6.45, 7) is 0. The van der Waals surface area contributed by atoms with Crippen molar-refractivity contribution in [2.75, 3.05) is 40.9 Å². The standard InChI is InChI=1S/C16H19N3O6/c1-21-11-6-9(7-12(22-2)13(11)23-3)14(20)18-10-8-17-16(25-5)19-15(10)24-4/h6-8H,1-5H3,(H,18,20). The number of carbonyl (C=O) groups is 1. The third-order valence-electron chi connectivity index (χ3n) is 3.28. The fourth-order valence-corrected chi connectivity index (χ4v) is 2.10. The van der Waals surface area contributed by atoms with Gasteiger partial charge in [0.25, 0.3) is 5.91 Å². The third kappa shape index (κ3) is 3.82. The van der Waals surface area contributed by atoms with Crippen molar-refractivity contribution in [2.45, 2.75) is 0 Å². The molecule has 2 aromatic rings. The molecular formula is C16H19N3O6. The average Bonchev–Trinajstić information content (AvgIpc) is 2.66. The zero-order chi connectivity index (χ0) is 18.4. The van der Waals surface area contributed by atoms with E-state index in [2.05, 4.69) is 15.3 Å². The lowest BCUT2D eigenvalue weighted by Crippen LogP contribution is -2.14. The minimum atomic E-state index is -0.425. The molecular weight excluding hydrogens is 330 g/mol. The van der Waals surface area contributed by atoms with Gasteiger partial charge in [0, 0.05) is 5.56 Å². The second-order valence-corrected chi connectivity index (χ2v) is 4.65. The highest BCUT2D eigenvalue weighted by Gasteiger charge is 2.18. The summed E-state index contributed by atoms with van der Waals surface area (Å²) in [5.74, 6) is 0.876. The largest absolute Gasteiger partial charge is 0.493 e. The van der Waals surface area contributed by atoms with Crippen molar-refractivity contribution in [3.05, 3.63) is 23.9 Å². The summed E-state index contributed by atoms with van der Waals surface area (Å²) in [6.07, 6.45) is 1.39. The highest BCUT2D eigenvalue weighted by molar-refractivity contribution is 6.05. The molecule has 9 heteroatoms. The van der Waals surface area contributed by atoms with Gasteiger partial charge in [0.05, 0.1) is 41.7 Å². The van der Waals surface area contributed by atoms with E-state index in [9.17, 15) is 4.79 Å². The second kappa shape index (κ2) is 8.04. The van der Waals surface area contributed by atoms with E-state index in [4.69, 9.17) is 23.7 Å². The molecule has 25 heavy (non-hydrogen) atoms. The van der Waals surface area contributed by atoms with Gasteiger partial charge in [-0.25, -0.2) is 4.98 Å². The van der Waals surface area contributed by atoms with Crippen LogP contribution in [0.2, 0.25) is 0 Å². The minimum Gasteiger partial charge on any atom is -0.493 e. The van der Waals surface area contributed by atoms with E-state index in [1.165, 1.54) is 53.9 Å². The monoisotopic (exact) mass is 349 g/mol. The van der Waals surface area contributed by atoms with Gasteiger partial charge in [0.2, 0.25) is 11.6 Å². The molecule has 0 saturated heterocycles. The number of rotatable bonds is 7. The molecule has 0 atom stereocenters. The van der Waals surface area contributed by atoms with Crippen molar-refractivity contribution in [1.82, 2.24) is 9.97 Å². The Kier molecular flexibility index (Phi) is 5.83. The molecule has 1 N–H and O–H groups in total. The molecule has 1 amide bonds. The first-order valence-electron chi connectivity index (χ1n) is 7.14. The molecule has 0 saturated carbocycles. The summed E-state index contributed by atoms with van der Waals surface area (Å²) >= 11 is 0. The lowest BCUT2D eigenvalue weighted by Gasteiger charge is -2.14. The van der Waals surface area contributed by atoms with E-state index in [1.54, 1.807) is 0 Å². The van der Waals surface area contributed by atoms with Gasteiger partial charge >= 0.3 is 6.01 Å². The number of aromatic nitrogens is 2. The molecule has 2 rings (SSSR count). The topological polar surface area (TPSA) is 101 Å². The lowest BCUT2D eigenvalue weighted by molar-refractivity contribution is 0.102. The van der Waals surface area contributed by atoms with Gasteiger partial charge in [-0.1, -0.05) is 0 Å². The van der Waals surface area contributed by atoms with E-state index in [0.717, 1.165) is 0 Å². The number of amides is 1. The quantitative estimate of drug-likeness (QED) is 0.807. The normalized spacial score (nSPS) is 9.96. The number of carbonyl (C=O) groups excluding carboxylic acids is 1. The van der Waals surface area contributed by atoms with E-state index < -0.39 is 5.91 Å². The van der Waals surface area contributed by atoms with Crippen LogP contribution in [0, 0.1) is 0 Å². The van der Waals surface area contributed by atoms with Crippen LogP contribution in [0.25, 0.3) is 0 Å². The number of nitrogens with one attached hydrogen (secondary N) is 1. The molecule has 0 bridgehead atoms. The van der Waals surface area contributed by atoms with Gasteiger partial charge in [-0.05, 0) is 12.1 Å². The first-order valence-corrected chi connectivity index (χ1v) is 7.14. The second-order valence-electron chi connectivity index (χ2n) is 4.65. The van der Waals surface area contributed by atoms with Gasteiger partial charge in [-0.2, -0.15) is 4.98 Å². The molecule has 0 unspecified atom stereocenters. The Bertz CT molecular complexity index is 741. The minimum absolute atomic E-state index is 0.127. The molecule has 0 aliphatic rings. The van der Waals surface area contributed by atoms with Gasteiger partial charge < -0.3 is 29.0 Å². The Morgan fingerprint density at radius 3 is 2.04 bits per heavy atom. The maximum Gasteiger partial charge on any atom is 0.319 e. The molecule has 0 spiro atoms. The van der Waals surface area contributed by atoms with Crippen LogP contribution in [-0.2, 0) is 0 Å². The van der Waals surface area contributed by atoms with Crippen LogP contribution in [0.15, 0.2) is 18.3 Å². The number of benzene rings is 1. The Morgan fingerprint density at radius 1 is 0.920 bits per heavy atom. The summed E-state index contributed by atoms with van der Waals surface area (Å²) in [5, 5.41) is 2.67. The molecule has 0 aliphatic carbocycles. The third-order valence-corrected chi connectivity index (χ3v) is 3.28. The average molecular weight is 349 g/mol. The van der Waals surface area contributed by atoms with E-state index >= 15 is 0 Å². The van der Waals surface area contributed by atoms with Crippen LogP contribution >= 0.6 is 0 Å². The Balaban J connectivity index is 2.35. The lowest BCUT2D eigenvalue weighted by atomic mass is 10.1.